The number of rotatable bonds is 1. The van der Waals surface area contributed by atoms with Gasteiger partial charge in [0.2, 0.25) is 0 Å². The van der Waals surface area contributed by atoms with E-state index >= 15 is 0 Å². The van der Waals surface area contributed by atoms with Crippen molar-refractivity contribution in [3.8, 4) is 23.2 Å². The number of halogens is 1. The molecule has 4 rings (SSSR count). The number of para-hydroxylation sites is 1. The van der Waals surface area contributed by atoms with E-state index in [0.29, 0.717) is 5.02 Å². The lowest BCUT2D eigenvalue weighted by Crippen LogP contribution is -1.81. The molecule has 1 aromatic heterocycles. The van der Waals surface area contributed by atoms with Gasteiger partial charge in [-0.15, -0.1) is 0 Å². The third-order valence-electron chi connectivity index (χ3n) is 4.11. The van der Waals surface area contributed by atoms with Gasteiger partial charge in [-0.25, -0.2) is 0 Å². The lowest BCUT2D eigenvalue weighted by atomic mass is 10.0. The predicted molar refractivity (Wildman–Crippen MR) is 104 cm³/mol. The summed E-state index contributed by atoms with van der Waals surface area (Å²) < 4.78 is 6.11. The highest BCUT2D eigenvalue weighted by Gasteiger charge is 2.14. The summed E-state index contributed by atoms with van der Waals surface area (Å²) in [5.41, 5.74) is 4.76. The molecule has 0 atom stereocenters. The molecule has 0 saturated heterocycles. The fraction of sp³-hybridized carbons (Fsp3) is 0.0435. The lowest BCUT2D eigenvalue weighted by Gasteiger charge is -1.99. The minimum Gasteiger partial charge on any atom is -0.455 e. The van der Waals surface area contributed by atoms with Gasteiger partial charge in [0.25, 0.3) is 0 Å². The molecule has 0 aliphatic heterocycles. The van der Waals surface area contributed by atoms with Crippen LogP contribution in [0.3, 0.4) is 0 Å². The van der Waals surface area contributed by atoms with Gasteiger partial charge in [0.1, 0.15) is 5.58 Å². The zero-order valence-corrected chi connectivity index (χ0v) is 14.5. The molecule has 0 spiro atoms. The molecule has 4 aromatic rings. The molecule has 0 aliphatic carbocycles. The fourth-order valence-corrected chi connectivity index (χ4v) is 2.95. The Labute approximate surface area is 151 Å². The van der Waals surface area contributed by atoms with E-state index in [2.05, 4.69) is 43.0 Å². The Kier molecular flexibility index (Phi) is 4.06. The van der Waals surface area contributed by atoms with Crippen molar-refractivity contribution >= 4 is 22.6 Å². The zero-order chi connectivity index (χ0) is 17.2. The molecule has 0 aliphatic rings. The van der Waals surface area contributed by atoms with E-state index in [0.717, 1.165) is 33.4 Å². The second kappa shape index (κ2) is 6.51. The fourth-order valence-electron chi connectivity index (χ4n) is 2.77. The van der Waals surface area contributed by atoms with E-state index in [1.165, 1.54) is 5.56 Å². The van der Waals surface area contributed by atoms with Gasteiger partial charge >= 0.3 is 0 Å². The quantitative estimate of drug-likeness (QED) is 0.362. The van der Waals surface area contributed by atoms with E-state index in [1.807, 2.05) is 48.5 Å². The summed E-state index contributed by atoms with van der Waals surface area (Å²) in [7, 11) is 0. The van der Waals surface area contributed by atoms with E-state index in [1.54, 1.807) is 0 Å². The Hall–Kier alpha value is -2.95. The van der Waals surface area contributed by atoms with Crippen LogP contribution in [0.1, 0.15) is 16.7 Å². The van der Waals surface area contributed by atoms with Crippen LogP contribution in [0.25, 0.3) is 22.3 Å². The molecule has 2 heteroatoms. The Morgan fingerprint density at radius 1 is 0.800 bits per heavy atom. The van der Waals surface area contributed by atoms with Crippen LogP contribution in [0.15, 0.2) is 77.2 Å². The molecular formula is C23H15ClO. The highest BCUT2D eigenvalue weighted by molar-refractivity contribution is 6.31. The van der Waals surface area contributed by atoms with Crippen molar-refractivity contribution in [2.45, 2.75) is 6.92 Å². The van der Waals surface area contributed by atoms with Crippen LogP contribution in [0.2, 0.25) is 5.02 Å². The lowest BCUT2D eigenvalue weighted by molar-refractivity contribution is 0.630. The van der Waals surface area contributed by atoms with Crippen molar-refractivity contribution in [1.29, 1.82) is 0 Å². The Balaban J connectivity index is 1.92. The molecule has 120 valence electrons. The molecule has 0 fully saturated rings. The summed E-state index contributed by atoms with van der Waals surface area (Å²) in [4.78, 5) is 0. The first-order chi connectivity index (χ1) is 12.2. The number of hydrogen-bond acceptors (Lipinski definition) is 1. The number of furan rings is 1. The van der Waals surface area contributed by atoms with Gasteiger partial charge in [-0.05, 0) is 31.2 Å². The summed E-state index contributed by atoms with van der Waals surface area (Å²) in [6.45, 7) is 2.07. The maximum atomic E-state index is 6.23. The first-order valence-corrected chi connectivity index (χ1v) is 8.45. The van der Waals surface area contributed by atoms with Crippen LogP contribution in [0.5, 0.6) is 0 Å². The van der Waals surface area contributed by atoms with Gasteiger partial charge in [0.15, 0.2) is 5.76 Å². The summed E-state index contributed by atoms with van der Waals surface area (Å²) in [6.07, 6.45) is 0. The third-order valence-corrected chi connectivity index (χ3v) is 4.43. The summed E-state index contributed by atoms with van der Waals surface area (Å²) in [5.74, 6) is 7.26. The van der Waals surface area contributed by atoms with Crippen LogP contribution < -0.4 is 0 Å². The molecule has 0 amide bonds. The van der Waals surface area contributed by atoms with E-state index in [-0.39, 0.29) is 0 Å². The maximum Gasteiger partial charge on any atom is 0.151 e. The molecule has 0 unspecified atom stereocenters. The van der Waals surface area contributed by atoms with Crippen molar-refractivity contribution in [3.63, 3.8) is 0 Å². The minimum atomic E-state index is 0.652. The topological polar surface area (TPSA) is 13.1 Å². The second-order valence-electron chi connectivity index (χ2n) is 5.90. The van der Waals surface area contributed by atoms with Gasteiger partial charge in [0.05, 0.1) is 10.6 Å². The molecule has 3 aromatic carbocycles. The van der Waals surface area contributed by atoms with Gasteiger partial charge < -0.3 is 4.42 Å². The molecule has 0 saturated carbocycles. The summed E-state index contributed by atoms with van der Waals surface area (Å²) in [5, 5.41) is 1.66. The van der Waals surface area contributed by atoms with Gasteiger partial charge in [-0.3, -0.25) is 0 Å². The Morgan fingerprint density at radius 3 is 2.32 bits per heavy atom. The summed E-state index contributed by atoms with van der Waals surface area (Å²) >= 11 is 6.23. The van der Waals surface area contributed by atoms with Crippen LogP contribution in [-0.4, -0.2) is 0 Å². The molecular weight excluding hydrogens is 328 g/mol. The van der Waals surface area contributed by atoms with E-state index < -0.39 is 0 Å². The normalized spacial score (nSPS) is 10.5. The SMILES string of the molecule is Cc1ccc(-c2oc3ccccc3c2C#Cc2ccccc2Cl)cc1. The Bertz CT molecular complexity index is 1110. The highest BCUT2D eigenvalue weighted by atomic mass is 35.5. The minimum absolute atomic E-state index is 0.652. The van der Waals surface area contributed by atoms with Crippen molar-refractivity contribution in [3.05, 3.63) is 94.5 Å². The second-order valence-corrected chi connectivity index (χ2v) is 6.31. The van der Waals surface area contributed by atoms with Gasteiger partial charge in [-0.1, -0.05) is 77.5 Å². The predicted octanol–water partition coefficient (Wildman–Crippen LogP) is 6.46. The zero-order valence-electron chi connectivity index (χ0n) is 13.7. The van der Waals surface area contributed by atoms with Crippen LogP contribution in [0, 0.1) is 18.8 Å². The van der Waals surface area contributed by atoms with Crippen molar-refractivity contribution in [1.82, 2.24) is 0 Å². The number of aryl methyl sites for hydroxylation is 1. The third kappa shape index (κ3) is 3.05. The van der Waals surface area contributed by atoms with Gasteiger partial charge in [-0.2, -0.15) is 0 Å². The van der Waals surface area contributed by atoms with E-state index in [4.69, 9.17) is 16.0 Å². The average molecular weight is 343 g/mol. The monoisotopic (exact) mass is 342 g/mol. The average Bonchev–Trinajstić information content (AvgIpc) is 3.00. The first-order valence-electron chi connectivity index (χ1n) is 8.07. The molecule has 0 N–H and O–H groups in total. The van der Waals surface area contributed by atoms with Crippen LogP contribution in [0.4, 0.5) is 0 Å². The molecule has 0 bridgehead atoms. The van der Waals surface area contributed by atoms with Crippen LogP contribution >= 0.6 is 11.6 Å². The molecule has 0 radical (unpaired) electrons. The van der Waals surface area contributed by atoms with Crippen molar-refractivity contribution in [2.75, 3.05) is 0 Å². The van der Waals surface area contributed by atoms with E-state index in [9.17, 15) is 0 Å². The largest absolute Gasteiger partial charge is 0.455 e. The summed E-state index contributed by atoms with van der Waals surface area (Å²) in [6, 6.07) is 23.9. The van der Waals surface area contributed by atoms with Crippen molar-refractivity contribution in [2.24, 2.45) is 0 Å². The molecule has 1 nitrogen and oxygen atoms in total. The standard InChI is InChI=1S/C23H15ClO/c1-16-10-12-18(13-11-16)23-20(19-7-3-5-9-22(19)25-23)15-14-17-6-2-4-8-21(17)24/h2-13H,1H3. The number of fused-ring (bicyclic) bond motifs is 1. The highest BCUT2D eigenvalue weighted by Crippen LogP contribution is 2.33. The molecule has 1 heterocycles. The maximum absolute atomic E-state index is 6.23. The smallest absolute Gasteiger partial charge is 0.151 e. The Morgan fingerprint density at radius 2 is 1.52 bits per heavy atom. The first kappa shape index (κ1) is 15.6. The molecule has 25 heavy (non-hydrogen) atoms. The van der Waals surface area contributed by atoms with Crippen LogP contribution in [-0.2, 0) is 0 Å². The number of hydrogen-bond donors (Lipinski definition) is 0. The van der Waals surface area contributed by atoms with Crippen molar-refractivity contribution < 1.29 is 4.42 Å². The number of benzene rings is 3. The van der Waals surface area contributed by atoms with Gasteiger partial charge in [0, 0.05) is 16.5 Å².